The van der Waals surface area contributed by atoms with E-state index in [1.165, 1.54) is 19.2 Å². The van der Waals surface area contributed by atoms with Gasteiger partial charge in [-0.15, -0.1) is 0 Å². The lowest BCUT2D eigenvalue weighted by Crippen LogP contribution is -2.35. The molecule has 2 heterocycles. The van der Waals surface area contributed by atoms with Crippen molar-refractivity contribution in [1.29, 1.82) is 0 Å². The second kappa shape index (κ2) is 10.1. The predicted octanol–water partition coefficient (Wildman–Crippen LogP) is 3.66. The molecule has 2 N–H and O–H groups in total. The zero-order valence-electron chi connectivity index (χ0n) is 18.3. The van der Waals surface area contributed by atoms with Gasteiger partial charge in [0.05, 0.1) is 25.1 Å². The summed E-state index contributed by atoms with van der Waals surface area (Å²) in [6.07, 6.45) is 3.92. The van der Waals surface area contributed by atoms with Gasteiger partial charge in [0, 0.05) is 24.8 Å². The molecule has 0 radical (unpaired) electrons. The number of hydrogen-bond donors (Lipinski definition) is 2. The summed E-state index contributed by atoms with van der Waals surface area (Å²) in [7, 11) is 3.15. The number of carbonyl (C=O) groups is 1. The third-order valence-electron chi connectivity index (χ3n) is 5.34. The summed E-state index contributed by atoms with van der Waals surface area (Å²) in [5, 5.41) is 6.43. The number of aromatic nitrogens is 2. The van der Waals surface area contributed by atoms with E-state index < -0.39 is 0 Å². The first-order chi connectivity index (χ1) is 15.7. The minimum Gasteiger partial charge on any atom is -0.493 e. The van der Waals surface area contributed by atoms with E-state index in [-0.39, 0.29) is 6.03 Å². The van der Waals surface area contributed by atoms with Gasteiger partial charge in [0.1, 0.15) is 12.1 Å². The van der Waals surface area contributed by atoms with Crippen LogP contribution in [0.4, 0.5) is 10.5 Å². The van der Waals surface area contributed by atoms with E-state index in [1.54, 1.807) is 50.6 Å². The van der Waals surface area contributed by atoms with Gasteiger partial charge < -0.3 is 29.7 Å². The summed E-state index contributed by atoms with van der Waals surface area (Å²) < 4.78 is 16.7. The zero-order valence-corrected chi connectivity index (χ0v) is 18.3. The predicted molar refractivity (Wildman–Crippen MR) is 122 cm³/mol. The molecule has 4 rings (SSSR count). The SMILES string of the molecule is COc1cc2ncnc(Oc3ccc(NC(=O)NCCN4CCCC4)cc3)c2cc1OC. The van der Waals surface area contributed by atoms with Gasteiger partial charge in [0.15, 0.2) is 11.5 Å². The minimum absolute atomic E-state index is 0.222. The second-order valence-electron chi connectivity index (χ2n) is 7.46. The molecule has 0 bridgehead atoms. The molecule has 1 saturated heterocycles. The zero-order chi connectivity index (χ0) is 22.3. The Morgan fingerprint density at radius 2 is 1.75 bits per heavy atom. The van der Waals surface area contributed by atoms with Gasteiger partial charge in [-0.25, -0.2) is 14.8 Å². The van der Waals surface area contributed by atoms with Gasteiger partial charge in [-0.3, -0.25) is 0 Å². The van der Waals surface area contributed by atoms with Crippen molar-refractivity contribution in [3.63, 3.8) is 0 Å². The van der Waals surface area contributed by atoms with Crippen molar-refractivity contribution in [3.05, 3.63) is 42.7 Å². The van der Waals surface area contributed by atoms with Crippen LogP contribution in [0.5, 0.6) is 23.1 Å². The number of nitrogens with zero attached hydrogens (tertiary/aromatic N) is 3. The molecule has 1 aliphatic heterocycles. The Hall–Kier alpha value is -3.59. The Balaban J connectivity index is 1.38. The number of rotatable bonds is 8. The standard InChI is InChI=1S/C23H27N5O4/c1-30-20-13-18-19(14-21(20)31-2)25-15-26-22(18)32-17-7-5-16(6-8-17)27-23(29)24-9-12-28-10-3-4-11-28/h5-8,13-15H,3-4,9-12H2,1-2H3,(H2,24,27,29). The van der Waals surface area contributed by atoms with Crippen LogP contribution in [0.2, 0.25) is 0 Å². The summed E-state index contributed by atoms with van der Waals surface area (Å²) in [5.74, 6) is 2.13. The molecule has 32 heavy (non-hydrogen) atoms. The number of anilines is 1. The van der Waals surface area contributed by atoms with Crippen LogP contribution in [0.15, 0.2) is 42.7 Å². The Bertz CT molecular complexity index is 1070. The van der Waals surface area contributed by atoms with Crippen molar-refractivity contribution >= 4 is 22.6 Å². The summed E-state index contributed by atoms with van der Waals surface area (Å²) in [4.78, 5) is 23.0. The fraction of sp³-hybridized carbons (Fsp3) is 0.348. The van der Waals surface area contributed by atoms with Crippen molar-refractivity contribution in [3.8, 4) is 23.1 Å². The first-order valence-corrected chi connectivity index (χ1v) is 10.6. The molecule has 0 atom stereocenters. The molecular formula is C23H27N5O4. The second-order valence-corrected chi connectivity index (χ2v) is 7.46. The lowest BCUT2D eigenvalue weighted by molar-refractivity contribution is 0.249. The lowest BCUT2D eigenvalue weighted by Gasteiger charge is -2.15. The molecule has 2 aromatic carbocycles. The number of urea groups is 1. The maximum atomic E-state index is 12.1. The van der Waals surface area contributed by atoms with Crippen LogP contribution >= 0.6 is 0 Å². The van der Waals surface area contributed by atoms with E-state index in [4.69, 9.17) is 14.2 Å². The van der Waals surface area contributed by atoms with Crippen LogP contribution in [-0.2, 0) is 0 Å². The number of carbonyl (C=O) groups excluding carboxylic acids is 1. The van der Waals surface area contributed by atoms with Crippen molar-refractivity contribution < 1.29 is 19.0 Å². The average molecular weight is 438 g/mol. The third-order valence-corrected chi connectivity index (χ3v) is 5.34. The lowest BCUT2D eigenvalue weighted by atomic mass is 10.2. The monoisotopic (exact) mass is 437 g/mol. The van der Waals surface area contributed by atoms with Crippen LogP contribution in [0.25, 0.3) is 10.9 Å². The molecule has 0 spiro atoms. The molecule has 1 aromatic heterocycles. The molecule has 1 aliphatic rings. The van der Waals surface area contributed by atoms with Crippen molar-refractivity contribution in [2.45, 2.75) is 12.8 Å². The van der Waals surface area contributed by atoms with Crippen LogP contribution in [0.3, 0.4) is 0 Å². The Morgan fingerprint density at radius 1 is 1.03 bits per heavy atom. The normalized spacial score (nSPS) is 13.7. The number of fused-ring (bicyclic) bond motifs is 1. The first kappa shape index (κ1) is 21.6. The van der Waals surface area contributed by atoms with Gasteiger partial charge in [-0.05, 0) is 56.3 Å². The highest BCUT2D eigenvalue weighted by molar-refractivity contribution is 5.89. The van der Waals surface area contributed by atoms with E-state index in [0.29, 0.717) is 46.3 Å². The third kappa shape index (κ3) is 5.17. The number of hydrogen-bond acceptors (Lipinski definition) is 7. The van der Waals surface area contributed by atoms with Crippen molar-refractivity contribution in [2.75, 3.05) is 45.7 Å². The number of benzene rings is 2. The van der Waals surface area contributed by atoms with Gasteiger partial charge in [-0.2, -0.15) is 0 Å². The van der Waals surface area contributed by atoms with Gasteiger partial charge in [-0.1, -0.05) is 0 Å². The largest absolute Gasteiger partial charge is 0.493 e. The molecule has 9 nitrogen and oxygen atoms in total. The Kier molecular flexibility index (Phi) is 6.86. The molecule has 3 aromatic rings. The smallest absolute Gasteiger partial charge is 0.319 e. The molecule has 9 heteroatoms. The van der Waals surface area contributed by atoms with Crippen LogP contribution in [0.1, 0.15) is 12.8 Å². The van der Waals surface area contributed by atoms with Crippen LogP contribution < -0.4 is 24.8 Å². The van der Waals surface area contributed by atoms with Crippen molar-refractivity contribution in [2.24, 2.45) is 0 Å². The molecule has 0 unspecified atom stereocenters. The summed E-state index contributed by atoms with van der Waals surface area (Å²) in [5.41, 5.74) is 1.35. The highest BCUT2D eigenvalue weighted by atomic mass is 16.5. The first-order valence-electron chi connectivity index (χ1n) is 10.6. The van der Waals surface area contributed by atoms with E-state index in [1.807, 2.05) is 0 Å². The maximum Gasteiger partial charge on any atom is 0.319 e. The van der Waals surface area contributed by atoms with Gasteiger partial charge >= 0.3 is 6.03 Å². The van der Waals surface area contributed by atoms with Gasteiger partial charge in [0.25, 0.3) is 0 Å². The molecule has 168 valence electrons. The number of methoxy groups -OCH3 is 2. The molecular weight excluding hydrogens is 410 g/mol. The number of ether oxygens (including phenoxy) is 3. The maximum absolute atomic E-state index is 12.1. The number of likely N-dealkylation sites (tertiary alicyclic amines) is 1. The Morgan fingerprint density at radius 3 is 2.47 bits per heavy atom. The minimum atomic E-state index is -0.222. The van der Waals surface area contributed by atoms with Gasteiger partial charge in [0.2, 0.25) is 5.88 Å². The topological polar surface area (TPSA) is 97.8 Å². The quantitative estimate of drug-likeness (QED) is 0.555. The van der Waals surface area contributed by atoms with Crippen LogP contribution in [-0.4, -0.2) is 61.3 Å². The fourth-order valence-corrected chi connectivity index (χ4v) is 3.67. The van der Waals surface area contributed by atoms with E-state index in [9.17, 15) is 4.79 Å². The van der Waals surface area contributed by atoms with Crippen molar-refractivity contribution in [1.82, 2.24) is 20.2 Å². The highest BCUT2D eigenvalue weighted by Gasteiger charge is 2.13. The van der Waals surface area contributed by atoms with E-state index >= 15 is 0 Å². The number of nitrogens with one attached hydrogen (secondary N) is 2. The van der Waals surface area contributed by atoms with E-state index in [2.05, 4.69) is 25.5 Å². The fourth-order valence-electron chi connectivity index (χ4n) is 3.67. The number of amides is 2. The summed E-state index contributed by atoms with van der Waals surface area (Å²) >= 11 is 0. The van der Waals surface area contributed by atoms with Crippen LogP contribution in [0, 0.1) is 0 Å². The molecule has 0 aliphatic carbocycles. The average Bonchev–Trinajstić information content (AvgIpc) is 3.33. The van der Waals surface area contributed by atoms with E-state index in [0.717, 1.165) is 19.6 Å². The summed E-state index contributed by atoms with van der Waals surface area (Å²) in [6, 6.07) is 10.4. The Labute approximate surface area is 186 Å². The molecule has 1 fully saturated rings. The summed E-state index contributed by atoms with van der Waals surface area (Å²) in [6.45, 7) is 3.74. The molecule has 0 saturated carbocycles. The molecule has 2 amide bonds. The highest BCUT2D eigenvalue weighted by Crippen LogP contribution is 2.35.